The molecule has 0 fully saturated rings. The van der Waals surface area contributed by atoms with Crippen LogP contribution in [-0.2, 0) is 0 Å². The molecule has 0 aromatic heterocycles. The largest absolute Gasteiger partial charge is 0.0839 e. The maximum atomic E-state index is 3.78. The fraction of sp³-hybridized carbons (Fsp3) is 0.600. The minimum atomic E-state index is 0.528. The fourth-order valence-electron chi connectivity index (χ4n) is 1.83. The summed E-state index contributed by atoms with van der Waals surface area (Å²) in [4.78, 5) is 0.528. The second-order valence-corrected chi connectivity index (χ2v) is 5.89. The first-order chi connectivity index (χ1) is 7.65. The van der Waals surface area contributed by atoms with Crippen molar-refractivity contribution in [3.63, 3.8) is 0 Å². The highest BCUT2D eigenvalue weighted by molar-refractivity contribution is 9.09. The van der Waals surface area contributed by atoms with Crippen LogP contribution >= 0.6 is 15.9 Å². The molecule has 0 aliphatic heterocycles. The summed E-state index contributed by atoms with van der Waals surface area (Å²) in [6.07, 6.45) is 5.20. The molecule has 1 atom stereocenters. The first kappa shape index (κ1) is 13.8. The van der Waals surface area contributed by atoms with E-state index in [9.17, 15) is 0 Å². The van der Waals surface area contributed by atoms with Crippen molar-refractivity contribution in [2.45, 2.75) is 57.2 Å². The molecule has 0 amide bonds. The highest BCUT2D eigenvalue weighted by Crippen LogP contribution is 2.29. The smallest absolute Gasteiger partial charge is 0.0395 e. The molecule has 16 heavy (non-hydrogen) atoms. The van der Waals surface area contributed by atoms with E-state index < -0.39 is 0 Å². The van der Waals surface area contributed by atoms with Crippen molar-refractivity contribution < 1.29 is 0 Å². The van der Waals surface area contributed by atoms with Crippen LogP contribution in [-0.4, -0.2) is 0 Å². The van der Waals surface area contributed by atoms with Crippen LogP contribution in [0.2, 0.25) is 0 Å². The summed E-state index contributed by atoms with van der Waals surface area (Å²) in [5, 5.41) is 0. The zero-order valence-corrected chi connectivity index (χ0v) is 12.3. The molecule has 0 spiro atoms. The molecule has 1 aromatic rings. The summed E-state index contributed by atoms with van der Waals surface area (Å²) in [7, 11) is 0. The van der Waals surface area contributed by atoms with Crippen LogP contribution in [0.5, 0.6) is 0 Å². The van der Waals surface area contributed by atoms with Gasteiger partial charge in [-0.15, -0.1) is 0 Å². The Morgan fingerprint density at radius 3 is 2.06 bits per heavy atom. The molecule has 0 heterocycles. The summed E-state index contributed by atoms with van der Waals surface area (Å²) < 4.78 is 0. The molecule has 0 radical (unpaired) electrons. The Morgan fingerprint density at radius 1 is 1.00 bits per heavy atom. The summed E-state index contributed by atoms with van der Waals surface area (Å²) in [5.41, 5.74) is 2.84. The zero-order valence-electron chi connectivity index (χ0n) is 10.7. The first-order valence-electron chi connectivity index (χ1n) is 6.39. The monoisotopic (exact) mass is 282 g/mol. The lowest BCUT2D eigenvalue weighted by molar-refractivity contribution is 0.663. The molecule has 0 nitrogen and oxygen atoms in total. The SMILES string of the molecule is CCCCCC(Br)c1ccc(C(C)C)cc1. The van der Waals surface area contributed by atoms with Gasteiger partial charge in [-0.3, -0.25) is 0 Å². The Morgan fingerprint density at radius 2 is 1.56 bits per heavy atom. The summed E-state index contributed by atoms with van der Waals surface area (Å²) >= 11 is 3.78. The van der Waals surface area contributed by atoms with Gasteiger partial charge in [0.1, 0.15) is 0 Å². The second kappa shape index (κ2) is 7.11. The lowest BCUT2D eigenvalue weighted by Crippen LogP contribution is -1.92. The molecular formula is C15H23Br. The summed E-state index contributed by atoms with van der Waals surface area (Å²) in [5.74, 6) is 0.628. The minimum Gasteiger partial charge on any atom is -0.0839 e. The molecular weight excluding hydrogens is 260 g/mol. The van der Waals surface area contributed by atoms with Gasteiger partial charge in [0.2, 0.25) is 0 Å². The van der Waals surface area contributed by atoms with Crippen molar-refractivity contribution in [2.75, 3.05) is 0 Å². The van der Waals surface area contributed by atoms with E-state index in [1.165, 1.54) is 36.8 Å². The molecule has 0 N–H and O–H groups in total. The highest BCUT2D eigenvalue weighted by Gasteiger charge is 2.07. The lowest BCUT2D eigenvalue weighted by atomic mass is 9.99. The maximum absolute atomic E-state index is 3.78. The van der Waals surface area contributed by atoms with Crippen molar-refractivity contribution in [2.24, 2.45) is 0 Å². The fourth-order valence-corrected chi connectivity index (χ4v) is 2.46. The number of benzene rings is 1. The van der Waals surface area contributed by atoms with Crippen LogP contribution in [0.4, 0.5) is 0 Å². The Bertz CT molecular complexity index is 287. The third-order valence-electron chi connectivity index (χ3n) is 3.03. The van der Waals surface area contributed by atoms with Crippen LogP contribution in [0, 0.1) is 0 Å². The molecule has 1 heteroatoms. The molecule has 0 saturated heterocycles. The van der Waals surface area contributed by atoms with E-state index in [1.54, 1.807) is 0 Å². The predicted octanol–water partition coefficient (Wildman–Crippen LogP) is 5.83. The van der Waals surface area contributed by atoms with Gasteiger partial charge in [-0.1, -0.05) is 80.2 Å². The normalized spacial score (nSPS) is 13.1. The topological polar surface area (TPSA) is 0 Å². The molecule has 0 aliphatic carbocycles. The summed E-state index contributed by atoms with van der Waals surface area (Å²) in [6, 6.07) is 9.05. The Kier molecular flexibility index (Phi) is 6.12. The number of unbranched alkanes of at least 4 members (excludes halogenated alkanes) is 2. The molecule has 1 unspecified atom stereocenters. The zero-order chi connectivity index (χ0) is 12.0. The highest BCUT2D eigenvalue weighted by atomic mass is 79.9. The van der Waals surface area contributed by atoms with Crippen molar-refractivity contribution in [1.29, 1.82) is 0 Å². The van der Waals surface area contributed by atoms with E-state index in [1.807, 2.05) is 0 Å². The molecule has 0 saturated carbocycles. The third kappa shape index (κ3) is 4.29. The Hall–Kier alpha value is -0.300. The minimum absolute atomic E-state index is 0.528. The lowest BCUT2D eigenvalue weighted by Gasteiger charge is -2.11. The van der Waals surface area contributed by atoms with Gasteiger partial charge >= 0.3 is 0 Å². The van der Waals surface area contributed by atoms with Gasteiger partial charge in [0.25, 0.3) is 0 Å². The van der Waals surface area contributed by atoms with Crippen LogP contribution in [0.3, 0.4) is 0 Å². The molecule has 0 bridgehead atoms. The third-order valence-corrected chi connectivity index (χ3v) is 4.01. The van der Waals surface area contributed by atoms with Crippen LogP contribution in [0.25, 0.3) is 0 Å². The van der Waals surface area contributed by atoms with E-state index in [4.69, 9.17) is 0 Å². The van der Waals surface area contributed by atoms with Crippen molar-refractivity contribution >= 4 is 15.9 Å². The van der Waals surface area contributed by atoms with Crippen LogP contribution in [0.1, 0.15) is 68.3 Å². The summed E-state index contributed by atoms with van der Waals surface area (Å²) in [6.45, 7) is 6.73. The standard InChI is InChI=1S/C15H23Br/c1-4-5-6-7-15(16)14-10-8-13(9-11-14)12(2)3/h8-12,15H,4-7H2,1-3H3. The van der Waals surface area contributed by atoms with E-state index in [0.29, 0.717) is 10.7 Å². The van der Waals surface area contributed by atoms with Gasteiger partial charge in [-0.25, -0.2) is 0 Å². The van der Waals surface area contributed by atoms with Gasteiger partial charge in [0, 0.05) is 4.83 Å². The van der Waals surface area contributed by atoms with Crippen LogP contribution < -0.4 is 0 Å². The number of hydrogen-bond donors (Lipinski definition) is 0. The van der Waals surface area contributed by atoms with Gasteiger partial charge in [-0.2, -0.15) is 0 Å². The van der Waals surface area contributed by atoms with Crippen LogP contribution in [0.15, 0.2) is 24.3 Å². The molecule has 1 aromatic carbocycles. The molecule has 90 valence electrons. The van der Waals surface area contributed by atoms with Gasteiger partial charge in [0.15, 0.2) is 0 Å². The van der Waals surface area contributed by atoms with E-state index in [-0.39, 0.29) is 0 Å². The number of alkyl halides is 1. The maximum Gasteiger partial charge on any atom is 0.0395 e. The average Bonchev–Trinajstić information content (AvgIpc) is 2.29. The Balaban J connectivity index is 2.52. The van der Waals surface area contributed by atoms with Gasteiger partial charge in [0.05, 0.1) is 0 Å². The van der Waals surface area contributed by atoms with E-state index in [0.717, 1.165) is 0 Å². The van der Waals surface area contributed by atoms with Crippen molar-refractivity contribution in [3.8, 4) is 0 Å². The van der Waals surface area contributed by atoms with E-state index >= 15 is 0 Å². The van der Waals surface area contributed by atoms with Gasteiger partial charge < -0.3 is 0 Å². The average molecular weight is 283 g/mol. The molecule has 1 rings (SSSR count). The van der Waals surface area contributed by atoms with Crippen molar-refractivity contribution in [1.82, 2.24) is 0 Å². The number of hydrogen-bond acceptors (Lipinski definition) is 0. The quantitative estimate of drug-likeness (QED) is 0.455. The second-order valence-electron chi connectivity index (χ2n) is 4.78. The predicted molar refractivity (Wildman–Crippen MR) is 76.3 cm³/mol. The Labute approximate surface area is 109 Å². The first-order valence-corrected chi connectivity index (χ1v) is 7.30. The molecule has 0 aliphatic rings. The number of rotatable bonds is 6. The van der Waals surface area contributed by atoms with E-state index in [2.05, 4.69) is 61.0 Å². The van der Waals surface area contributed by atoms with Crippen molar-refractivity contribution in [3.05, 3.63) is 35.4 Å². The number of halogens is 1. The van der Waals surface area contributed by atoms with Gasteiger partial charge in [-0.05, 0) is 23.5 Å².